The lowest BCUT2D eigenvalue weighted by molar-refractivity contribution is -0.138. The molecule has 0 aliphatic carbocycles. The van der Waals surface area contributed by atoms with Crippen LogP contribution in [0.25, 0.3) is 0 Å². The molecule has 1 N–H and O–H groups in total. The van der Waals surface area contributed by atoms with E-state index < -0.39 is 17.6 Å². The number of hydrogen-bond donors (Lipinski definition) is 1. The van der Waals surface area contributed by atoms with Crippen molar-refractivity contribution in [1.82, 2.24) is 10.3 Å². The highest BCUT2D eigenvalue weighted by Crippen LogP contribution is 2.31. The Morgan fingerprint density at radius 1 is 1.30 bits per heavy atom. The second-order valence-electron chi connectivity index (χ2n) is 5.26. The van der Waals surface area contributed by atoms with Gasteiger partial charge in [-0.2, -0.15) is 13.2 Å². The third kappa shape index (κ3) is 4.83. The fraction of sp³-hybridized carbons (Fsp3) is 0.571. The third-order valence-electron chi connectivity index (χ3n) is 2.93. The molecule has 0 aliphatic rings. The van der Waals surface area contributed by atoms with Gasteiger partial charge in [-0.25, -0.2) is 0 Å². The number of hydrogen-bond acceptors (Lipinski definition) is 2. The number of halogens is 3. The second-order valence-corrected chi connectivity index (χ2v) is 5.26. The smallest absolute Gasteiger partial charge is 0.350 e. The summed E-state index contributed by atoms with van der Waals surface area (Å²) in [5.41, 5.74) is -1.39. The summed E-state index contributed by atoms with van der Waals surface area (Å²) < 4.78 is 38.3. The maximum atomic E-state index is 12.8. The molecule has 0 radical (unpaired) electrons. The van der Waals surface area contributed by atoms with Crippen LogP contribution in [0.5, 0.6) is 0 Å². The predicted molar refractivity (Wildman–Crippen MR) is 70.2 cm³/mol. The van der Waals surface area contributed by atoms with Gasteiger partial charge < -0.3 is 5.32 Å². The summed E-state index contributed by atoms with van der Waals surface area (Å²) in [5, 5.41) is 2.60. The van der Waals surface area contributed by atoms with Gasteiger partial charge in [-0.05, 0) is 31.7 Å². The summed E-state index contributed by atoms with van der Waals surface area (Å²) in [6.45, 7) is 5.90. The SMILES string of the molecule is CC(C)CC[C@H](C)NC(=O)c1ccncc1C(F)(F)F. The molecule has 1 atom stereocenters. The van der Waals surface area contributed by atoms with Crippen molar-refractivity contribution in [3.63, 3.8) is 0 Å². The predicted octanol–water partition coefficient (Wildman–Crippen LogP) is 3.65. The van der Waals surface area contributed by atoms with Gasteiger partial charge in [-0.1, -0.05) is 13.8 Å². The van der Waals surface area contributed by atoms with Crippen LogP contribution in [0.3, 0.4) is 0 Å². The van der Waals surface area contributed by atoms with E-state index in [1.807, 2.05) is 0 Å². The molecule has 0 spiro atoms. The Bertz CT molecular complexity index is 458. The Balaban J connectivity index is 2.78. The summed E-state index contributed by atoms with van der Waals surface area (Å²) in [6.07, 6.45) is -1.08. The van der Waals surface area contributed by atoms with Gasteiger partial charge in [-0.15, -0.1) is 0 Å². The van der Waals surface area contributed by atoms with Crippen molar-refractivity contribution in [2.45, 2.75) is 45.8 Å². The van der Waals surface area contributed by atoms with Crippen molar-refractivity contribution in [3.8, 4) is 0 Å². The van der Waals surface area contributed by atoms with Gasteiger partial charge in [0.05, 0.1) is 11.1 Å². The van der Waals surface area contributed by atoms with E-state index in [9.17, 15) is 18.0 Å². The molecule has 0 fully saturated rings. The zero-order valence-corrected chi connectivity index (χ0v) is 11.8. The highest BCUT2D eigenvalue weighted by molar-refractivity contribution is 5.95. The van der Waals surface area contributed by atoms with Gasteiger partial charge in [0.2, 0.25) is 0 Å². The van der Waals surface area contributed by atoms with Crippen LogP contribution >= 0.6 is 0 Å². The van der Waals surface area contributed by atoms with Crippen LogP contribution < -0.4 is 5.32 Å². The molecular formula is C14H19F3N2O. The minimum absolute atomic E-state index is 0.167. The minimum atomic E-state index is -4.58. The lowest BCUT2D eigenvalue weighted by atomic mass is 10.0. The van der Waals surface area contributed by atoms with Crippen LogP contribution in [0, 0.1) is 5.92 Å². The molecule has 3 nitrogen and oxygen atoms in total. The topological polar surface area (TPSA) is 42.0 Å². The molecule has 1 aromatic rings. The largest absolute Gasteiger partial charge is 0.418 e. The van der Waals surface area contributed by atoms with Crippen molar-refractivity contribution < 1.29 is 18.0 Å². The Kier molecular flexibility index (Phi) is 5.53. The molecule has 0 unspecified atom stereocenters. The van der Waals surface area contributed by atoms with Crippen LogP contribution in [0.15, 0.2) is 18.5 Å². The number of rotatable bonds is 5. The van der Waals surface area contributed by atoms with E-state index in [4.69, 9.17) is 0 Å². The van der Waals surface area contributed by atoms with Crippen molar-refractivity contribution >= 4 is 5.91 Å². The van der Waals surface area contributed by atoms with Gasteiger partial charge in [-0.3, -0.25) is 9.78 Å². The molecule has 0 bridgehead atoms. The maximum absolute atomic E-state index is 12.8. The van der Waals surface area contributed by atoms with Gasteiger partial charge in [0.1, 0.15) is 0 Å². The molecule has 1 amide bonds. The number of amides is 1. The number of aromatic nitrogens is 1. The van der Waals surface area contributed by atoms with Crippen molar-refractivity contribution in [1.29, 1.82) is 0 Å². The Labute approximate surface area is 116 Å². The normalized spacial score (nSPS) is 13.3. The number of alkyl halides is 3. The van der Waals surface area contributed by atoms with Crippen LogP contribution in [0.4, 0.5) is 13.2 Å². The van der Waals surface area contributed by atoms with E-state index in [0.717, 1.165) is 18.9 Å². The number of nitrogens with one attached hydrogen (secondary N) is 1. The van der Waals surface area contributed by atoms with Gasteiger partial charge in [0.25, 0.3) is 5.91 Å². The highest BCUT2D eigenvalue weighted by Gasteiger charge is 2.35. The lowest BCUT2D eigenvalue weighted by Crippen LogP contribution is -2.34. The van der Waals surface area contributed by atoms with Gasteiger partial charge in [0, 0.05) is 18.4 Å². The minimum Gasteiger partial charge on any atom is -0.350 e. The average molecular weight is 288 g/mol. The molecule has 112 valence electrons. The Hall–Kier alpha value is -1.59. The Morgan fingerprint density at radius 2 is 1.95 bits per heavy atom. The lowest BCUT2D eigenvalue weighted by Gasteiger charge is -2.17. The van der Waals surface area contributed by atoms with Crippen molar-refractivity contribution in [3.05, 3.63) is 29.6 Å². The van der Waals surface area contributed by atoms with E-state index in [0.29, 0.717) is 12.1 Å². The Morgan fingerprint density at radius 3 is 2.50 bits per heavy atom. The van der Waals surface area contributed by atoms with Crippen LogP contribution in [-0.4, -0.2) is 16.9 Å². The zero-order valence-electron chi connectivity index (χ0n) is 11.8. The summed E-state index contributed by atoms with van der Waals surface area (Å²) >= 11 is 0. The first-order valence-corrected chi connectivity index (χ1v) is 6.54. The average Bonchev–Trinajstić information content (AvgIpc) is 2.35. The molecule has 0 saturated carbocycles. The van der Waals surface area contributed by atoms with Gasteiger partial charge >= 0.3 is 6.18 Å². The molecule has 1 rings (SSSR count). The molecule has 0 aromatic carbocycles. The van der Waals surface area contributed by atoms with E-state index in [2.05, 4.69) is 24.1 Å². The fourth-order valence-corrected chi connectivity index (χ4v) is 1.78. The molecule has 1 aromatic heterocycles. The number of pyridine rings is 1. The third-order valence-corrected chi connectivity index (χ3v) is 2.93. The summed E-state index contributed by atoms with van der Waals surface area (Å²) in [4.78, 5) is 15.4. The van der Waals surface area contributed by atoms with Gasteiger partial charge in [0.15, 0.2) is 0 Å². The van der Waals surface area contributed by atoms with Crippen LogP contribution in [-0.2, 0) is 6.18 Å². The second kappa shape index (κ2) is 6.72. The molecule has 1 heterocycles. The number of carbonyl (C=O) groups excluding carboxylic acids is 1. The first-order valence-electron chi connectivity index (χ1n) is 6.54. The van der Waals surface area contributed by atoms with E-state index in [1.54, 1.807) is 6.92 Å². The maximum Gasteiger partial charge on any atom is 0.418 e. The van der Waals surface area contributed by atoms with E-state index in [1.165, 1.54) is 6.20 Å². The van der Waals surface area contributed by atoms with Crippen molar-refractivity contribution in [2.75, 3.05) is 0 Å². The van der Waals surface area contributed by atoms with Crippen LogP contribution in [0.1, 0.15) is 49.5 Å². The van der Waals surface area contributed by atoms with E-state index in [-0.39, 0.29) is 11.6 Å². The number of nitrogens with zero attached hydrogens (tertiary/aromatic N) is 1. The monoisotopic (exact) mass is 288 g/mol. The molecule has 0 aliphatic heterocycles. The highest BCUT2D eigenvalue weighted by atomic mass is 19.4. The van der Waals surface area contributed by atoms with E-state index >= 15 is 0 Å². The van der Waals surface area contributed by atoms with Crippen molar-refractivity contribution in [2.24, 2.45) is 5.92 Å². The van der Waals surface area contributed by atoms with Crippen LogP contribution in [0.2, 0.25) is 0 Å². The first kappa shape index (κ1) is 16.5. The molecule has 6 heteroatoms. The summed E-state index contributed by atoms with van der Waals surface area (Å²) in [7, 11) is 0. The molecule has 20 heavy (non-hydrogen) atoms. The summed E-state index contributed by atoms with van der Waals surface area (Å²) in [6, 6.07) is 0.923. The number of carbonyl (C=O) groups is 1. The standard InChI is InChI=1S/C14H19F3N2O/c1-9(2)4-5-10(3)19-13(20)11-6-7-18-8-12(11)14(15,16)17/h6-10H,4-5H2,1-3H3,(H,19,20)/t10-/m0/s1. The zero-order chi connectivity index (χ0) is 15.3. The molecular weight excluding hydrogens is 269 g/mol. The fourth-order valence-electron chi connectivity index (χ4n) is 1.78. The first-order chi connectivity index (χ1) is 9.21. The quantitative estimate of drug-likeness (QED) is 0.898. The molecule has 0 saturated heterocycles. The summed E-state index contributed by atoms with van der Waals surface area (Å²) in [5.74, 6) is -0.225.